The van der Waals surface area contributed by atoms with Crippen molar-refractivity contribution in [3.05, 3.63) is 64.7 Å². The van der Waals surface area contributed by atoms with E-state index in [2.05, 4.69) is 0 Å². The minimum absolute atomic E-state index is 0.154. The van der Waals surface area contributed by atoms with Crippen molar-refractivity contribution in [3.8, 4) is 5.75 Å². The van der Waals surface area contributed by atoms with Crippen LogP contribution in [0, 0.1) is 0 Å². The van der Waals surface area contributed by atoms with Crippen LogP contribution in [0.5, 0.6) is 5.75 Å². The van der Waals surface area contributed by atoms with Crippen molar-refractivity contribution in [2.75, 3.05) is 13.7 Å². The van der Waals surface area contributed by atoms with E-state index in [1.54, 1.807) is 18.2 Å². The molecule has 1 aliphatic heterocycles. The van der Waals surface area contributed by atoms with Gasteiger partial charge in [0.2, 0.25) is 5.79 Å². The first-order valence-electron chi connectivity index (χ1n) is 8.77. The molecule has 0 amide bonds. The van der Waals surface area contributed by atoms with Crippen LogP contribution in [0.1, 0.15) is 11.1 Å². The van der Waals surface area contributed by atoms with E-state index < -0.39 is 36.8 Å². The van der Waals surface area contributed by atoms with Crippen LogP contribution < -0.4 is 4.74 Å². The highest BCUT2D eigenvalue weighted by atomic mass is 35.5. The predicted octanol–water partition coefficient (Wildman–Crippen LogP) is 1.19. The highest BCUT2D eigenvalue weighted by Crippen LogP contribution is 2.40. The Bertz CT molecular complexity index is 785. The van der Waals surface area contributed by atoms with E-state index in [4.69, 9.17) is 25.8 Å². The van der Waals surface area contributed by atoms with Gasteiger partial charge in [0.05, 0.1) is 6.61 Å². The number of methoxy groups -OCH3 is 1. The highest BCUT2D eigenvalue weighted by molar-refractivity contribution is 6.31. The number of aliphatic hydroxyl groups excluding tert-OH is 4. The van der Waals surface area contributed by atoms with E-state index >= 15 is 0 Å². The van der Waals surface area contributed by atoms with Gasteiger partial charge in [-0.15, -0.1) is 0 Å². The molecular weight excluding hydrogens is 388 g/mol. The average Bonchev–Trinajstić information content (AvgIpc) is 2.73. The molecule has 1 aliphatic rings. The van der Waals surface area contributed by atoms with Gasteiger partial charge in [-0.25, -0.2) is 0 Å². The van der Waals surface area contributed by atoms with Gasteiger partial charge in [-0.3, -0.25) is 0 Å². The number of hydrogen-bond acceptors (Lipinski definition) is 7. The van der Waals surface area contributed by atoms with Gasteiger partial charge in [0, 0.05) is 23.3 Å². The maximum atomic E-state index is 10.6. The maximum Gasteiger partial charge on any atom is 0.224 e. The van der Waals surface area contributed by atoms with E-state index in [1.807, 2.05) is 30.3 Å². The summed E-state index contributed by atoms with van der Waals surface area (Å²) >= 11 is 6.28. The Labute approximate surface area is 167 Å². The summed E-state index contributed by atoms with van der Waals surface area (Å²) in [6.45, 7) is -0.408. The summed E-state index contributed by atoms with van der Waals surface area (Å²) in [5, 5.41) is 40.7. The molecular formula is C20H23ClO7. The fraction of sp³-hybridized carbons (Fsp3) is 0.400. The minimum atomic E-state index is -1.79. The molecule has 152 valence electrons. The lowest BCUT2D eigenvalue weighted by Crippen LogP contribution is -2.64. The van der Waals surface area contributed by atoms with Crippen LogP contribution in [0.2, 0.25) is 5.02 Å². The first-order valence-corrected chi connectivity index (χ1v) is 9.15. The number of benzene rings is 2. The zero-order chi connectivity index (χ0) is 20.3. The summed E-state index contributed by atoms with van der Waals surface area (Å²) < 4.78 is 16.9. The van der Waals surface area contributed by atoms with Gasteiger partial charge in [-0.2, -0.15) is 0 Å². The average molecular weight is 411 g/mol. The van der Waals surface area contributed by atoms with Crippen LogP contribution in [0.4, 0.5) is 0 Å². The molecule has 2 aromatic carbocycles. The third-order valence-corrected chi connectivity index (χ3v) is 5.21. The number of para-hydroxylation sites is 1. The first kappa shape index (κ1) is 21.0. The molecule has 0 radical (unpaired) electrons. The Hall–Kier alpha value is -1.71. The smallest absolute Gasteiger partial charge is 0.224 e. The summed E-state index contributed by atoms with van der Waals surface area (Å²) in [6, 6.07) is 14.0. The predicted molar refractivity (Wildman–Crippen MR) is 101 cm³/mol. The summed E-state index contributed by atoms with van der Waals surface area (Å²) in [6.07, 6.45) is -5.78. The fourth-order valence-corrected chi connectivity index (χ4v) is 3.42. The molecule has 0 aromatic heterocycles. The Morgan fingerprint density at radius 2 is 1.79 bits per heavy atom. The normalized spacial score (nSPS) is 30.2. The van der Waals surface area contributed by atoms with Gasteiger partial charge >= 0.3 is 0 Å². The Kier molecular flexibility index (Phi) is 6.57. The molecule has 1 heterocycles. The van der Waals surface area contributed by atoms with Crippen LogP contribution in [0.3, 0.4) is 0 Å². The van der Waals surface area contributed by atoms with Crippen LogP contribution in [-0.2, 0) is 21.9 Å². The lowest BCUT2D eigenvalue weighted by Gasteiger charge is -2.47. The van der Waals surface area contributed by atoms with E-state index in [9.17, 15) is 20.4 Å². The zero-order valence-corrected chi connectivity index (χ0v) is 16.0. The molecule has 2 aromatic rings. The number of hydrogen-bond donors (Lipinski definition) is 4. The number of aliphatic hydroxyl groups is 4. The monoisotopic (exact) mass is 410 g/mol. The lowest BCUT2D eigenvalue weighted by molar-refractivity contribution is -0.366. The van der Waals surface area contributed by atoms with Crippen molar-refractivity contribution in [2.45, 2.75) is 36.8 Å². The molecule has 1 saturated heterocycles. The zero-order valence-electron chi connectivity index (χ0n) is 15.2. The van der Waals surface area contributed by atoms with Gasteiger partial charge in [0.1, 0.15) is 36.8 Å². The second-order valence-corrected chi connectivity index (χ2v) is 6.95. The lowest BCUT2D eigenvalue weighted by atomic mass is 9.87. The maximum absolute atomic E-state index is 10.6. The van der Waals surface area contributed by atoms with Crippen molar-refractivity contribution < 1.29 is 34.6 Å². The van der Waals surface area contributed by atoms with E-state index in [-0.39, 0.29) is 6.61 Å². The fourth-order valence-electron chi connectivity index (χ4n) is 3.25. The van der Waals surface area contributed by atoms with Crippen molar-refractivity contribution in [1.82, 2.24) is 0 Å². The second kappa shape index (κ2) is 8.75. The third kappa shape index (κ3) is 3.88. The van der Waals surface area contributed by atoms with Crippen LogP contribution in [0.25, 0.3) is 0 Å². The second-order valence-electron chi connectivity index (χ2n) is 6.54. The SMILES string of the molecule is COC1(c2ccc(Cl)c(COc3ccccc3)c2)O[C@H](CO)[C@@H](O)[C@H](O)C1O. The molecule has 0 bridgehead atoms. The van der Waals surface area contributed by atoms with Crippen LogP contribution >= 0.6 is 11.6 Å². The third-order valence-electron chi connectivity index (χ3n) is 4.84. The topological polar surface area (TPSA) is 109 Å². The number of ether oxygens (including phenoxy) is 3. The van der Waals surface area contributed by atoms with Crippen LogP contribution in [0.15, 0.2) is 48.5 Å². The first-order chi connectivity index (χ1) is 13.4. The molecule has 0 aliphatic carbocycles. The van der Waals surface area contributed by atoms with Crippen molar-refractivity contribution in [2.24, 2.45) is 0 Å². The van der Waals surface area contributed by atoms with Gasteiger partial charge in [0.15, 0.2) is 0 Å². The van der Waals surface area contributed by atoms with Gasteiger partial charge in [-0.05, 0) is 24.3 Å². The Balaban J connectivity index is 1.92. The van der Waals surface area contributed by atoms with E-state index in [1.165, 1.54) is 7.11 Å². The molecule has 0 spiro atoms. The summed E-state index contributed by atoms with van der Waals surface area (Å²) in [7, 11) is 1.30. The standard InChI is InChI=1S/C20H23ClO7/c1-26-20(19(25)18(24)17(23)16(10-22)28-20)13-7-8-15(21)12(9-13)11-27-14-5-3-2-4-6-14/h2-9,16-19,22-25H,10-11H2,1H3/t16-,17-,18+,19?,20?/m1/s1. The minimum Gasteiger partial charge on any atom is -0.489 e. The number of rotatable bonds is 6. The summed E-state index contributed by atoms with van der Waals surface area (Å²) in [5.41, 5.74) is 0.972. The van der Waals surface area contributed by atoms with Gasteiger partial charge in [-0.1, -0.05) is 35.9 Å². The van der Waals surface area contributed by atoms with Gasteiger partial charge in [0.25, 0.3) is 0 Å². The molecule has 3 rings (SSSR count). The molecule has 8 heteroatoms. The molecule has 28 heavy (non-hydrogen) atoms. The summed E-state index contributed by atoms with van der Waals surface area (Å²) in [4.78, 5) is 0. The molecule has 2 unspecified atom stereocenters. The molecule has 1 fully saturated rings. The van der Waals surface area contributed by atoms with Crippen LogP contribution in [-0.4, -0.2) is 58.6 Å². The Morgan fingerprint density at radius 1 is 1.07 bits per heavy atom. The molecule has 4 N–H and O–H groups in total. The largest absolute Gasteiger partial charge is 0.489 e. The van der Waals surface area contributed by atoms with E-state index in [0.717, 1.165) is 0 Å². The van der Waals surface area contributed by atoms with Gasteiger partial charge < -0.3 is 34.6 Å². The van der Waals surface area contributed by atoms with Crippen molar-refractivity contribution in [3.63, 3.8) is 0 Å². The molecule has 7 nitrogen and oxygen atoms in total. The van der Waals surface area contributed by atoms with Crippen molar-refractivity contribution in [1.29, 1.82) is 0 Å². The Morgan fingerprint density at radius 3 is 2.43 bits per heavy atom. The molecule has 0 saturated carbocycles. The molecule has 5 atom stereocenters. The highest BCUT2D eigenvalue weighted by Gasteiger charge is 2.55. The van der Waals surface area contributed by atoms with E-state index in [0.29, 0.717) is 21.9 Å². The van der Waals surface area contributed by atoms with Crippen molar-refractivity contribution >= 4 is 11.6 Å². The quantitative estimate of drug-likeness (QED) is 0.566. The number of halogens is 1. The summed E-state index contributed by atoms with van der Waals surface area (Å²) in [5.74, 6) is -1.13.